The fourth-order valence-electron chi connectivity index (χ4n) is 3.33. The van der Waals surface area contributed by atoms with Crippen LogP contribution in [0.2, 0.25) is 0 Å². The van der Waals surface area contributed by atoms with Crippen LogP contribution in [0.25, 0.3) is 0 Å². The summed E-state index contributed by atoms with van der Waals surface area (Å²) in [6.07, 6.45) is 0. The lowest BCUT2D eigenvalue weighted by molar-refractivity contribution is -0.145. The van der Waals surface area contributed by atoms with Crippen molar-refractivity contribution in [2.24, 2.45) is 11.8 Å². The van der Waals surface area contributed by atoms with Crippen molar-refractivity contribution in [3.8, 4) is 0 Å². The normalized spacial score (nSPS) is 20.7. The maximum Gasteiger partial charge on any atom is 0.310 e. The van der Waals surface area contributed by atoms with Crippen molar-refractivity contribution in [3.05, 3.63) is 71.8 Å². The van der Waals surface area contributed by atoms with Crippen LogP contribution in [0.15, 0.2) is 60.7 Å². The van der Waals surface area contributed by atoms with Crippen molar-refractivity contribution in [2.75, 3.05) is 20.2 Å². The van der Waals surface area contributed by atoms with E-state index in [1.165, 1.54) is 12.7 Å². The largest absolute Gasteiger partial charge is 0.469 e. The smallest absolute Gasteiger partial charge is 0.310 e. The van der Waals surface area contributed by atoms with Crippen LogP contribution in [-0.4, -0.2) is 36.9 Å². The van der Waals surface area contributed by atoms with Crippen LogP contribution in [0.5, 0.6) is 0 Å². The first kappa shape index (κ1) is 16.4. The molecule has 124 valence electrons. The van der Waals surface area contributed by atoms with Crippen LogP contribution in [0.3, 0.4) is 0 Å². The number of esters is 1. The van der Waals surface area contributed by atoms with Gasteiger partial charge in [0.05, 0.1) is 13.0 Å². The first-order valence-corrected chi connectivity index (χ1v) is 8.12. The molecule has 2 unspecified atom stereocenters. The van der Waals surface area contributed by atoms with E-state index in [-0.39, 0.29) is 17.7 Å². The zero-order valence-electron chi connectivity index (χ0n) is 13.7. The highest BCUT2D eigenvalue weighted by Gasteiger charge is 2.42. The molecule has 0 saturated carbocycles. The maximum atomic E-state index is 12.8. The number of ether oxygens (including phenoxy) is 1. The number of hydrogen-bond donors (Lipinski definition) is 0. The van der Waals surface area contributed by atoms with Gasteiger partial charge in [-0.3, -0.25) is 14.5 Å². The lowest BCUT2D eigenvalue weighted by Gasteiger charge is -2.15. The van der Waals surface area contributed by atoms with Gasteiger partial charge < -0.3 is 4.74 Å². The number of methoxy groups -OCH3 is 1. The van der Waals surface area contributed by atoms with Crippen LogP contribution in [0.4, 0.5) is 0 Å². The summed E-state index contributed by atoms with van der Waals surface area (Å²) >= 11 is 0. The molecular formula is C20H21NO3. The molecule has 2 atom stereocenters. The molecule has 0 aliphatic carbocycles. The number of Topliss-reactive ketones (excluding diaryl/α,β-unsaturated/α-hetero) is 1. The van der Waals surface area contributed by atoms with Gasteiger partial charge >= 0.3 is 5.97 Å². The highest BCUT2D eigenvalue weighted by molar-refractivity contribution is 6.00. The van der Waals surface area contributed by atoms with Gasteiger partial charge in [0, 0.05) is 31.1 Å². The zero-order valence-corrected chi connectivity index (χ0v) is 13.7. The number of likely N-dealkylation sites (tertiary alicyclic amines) is 1. The third kappa shape index (κ3) is 3.54. The standard InChI is InChI=1S/C20H21NO3/c1-24-20(23)18-14-21(12-15-8-4-2-5-9-15)13-17(18)19(22)16-10-6-3-7-11-16/h2-11,17-18H,12-14H2,1H3. The highest BCUT2D eigenvalue weighted by Crippen LogP contribution is 2.29. The van der Waals surface area contributed by atoms with Gasteiger partial charge in [0.1, 0.15) is 0 Å². The molecular weight excluding hydrogens is 302 g/mol. The quantitative estimate of drug-likeness (QED) is 0.627. The number of ketones is 1. The molecule has 0 N–H and O–H groups in total. The van der Waals surface area contributed by atoms with Crippen molar-refractivity contribution in [1.29, 1.82) is 0 Å². The summed E-state index contributed by atoms with van der Waals surface area (Å²) in [6.45, 7) is 1.85. The van der Waals surface area contributed by atoms with E-state index < -0.39 is 5.92 Å². The number of nitrogens with zero attached hydrogens (tertiary/aromatic N) is 1. The second-order valence-electron chi connectivity index (χ2n) is 6.15. The molecule has 3 rings (SSSR count). The Morgan fingerprint density at radius 3 is 2.17 bits per heavy atom. The zero-order chi connectivity index (χ0) is 16.9. The van der Waals surface area contributed by atoms with Crippen LogP contribution in [-0.2, 0) is 16.1 Å². The van der Waals surface area contributed by atoms with Gasteiger partial charge in [-0.15, -0.1) is 0 Å². The SMILES string of the molecule is COC(=O)C1CN(Cc2ccccc2)CC1C(=O)c1ccccc1. The van der Waals surface area contributed by atoms with Crippen LogP contribution < -0.4 is 0 Å². The summed E-state index contributed by atoms with van der Waals surface area (Å²) < 4.78 is 4.93. The van der Waals surface area contributed by atoms with Crippen molar-refractivity contribution < 1.29 is 14.3 Å². The monoisotopic (exact) mass is 323 g/mol. The van der Waals surface area contributed by atoms with E-state index in [2.05, 4.69) is 17.0 Å². The number of hydrogen-bond acceptors (Lipinski definition) is 4. The predicted molar refractivity (Wildman–Crippen MR) is 91.5 cm³/mol. The van der Waals surface area contributed by atoms with Crippen molar-refractivity contribution in [1.82, 2.24) is 4.90 Å². The number of benzene rings is 2. The number of carbonyl (C=O) groups is 2. The van der Waals surface area contributed by atoms with E-state index in [0.29, 0.717) is 18.7 Å². The molecule has 2 aromatic carbocycles. The summed E-state index contributed by atoms with van der Waals surface area (Å²) in [4.78, 5) is 27.2. The maximum absolute atomic E-state index is 12.8. The Hall–Kier alpha value is -2.46. The molecule has 24 heavy (non-hydrogen) atoms. The van der Waals surface area contributed by atoms with Gasteiger partial charge in [-0.25, -0.2) is 0 Å². The molecule has 1 aliphatic heterocycles. The molecule has 4 heteroatoms. The minimum Gasteiger partial charge on any atom is -0.469 e. The second kappa shape index (κ2) is 7.41. The lowest BCUT2D eigenvalue weighted by Crippen LogP contribution is -2.29. The van der Waals surface area contributed by atoms with E-state index in [9.17, 15) is 9.59 Å². The van der Waals surface area contributed by atoms with Gasteiger partial charge in [-0.05, 0) is 5.56 Å². The molecule has 1 saturated heterocycles. The molecule has 1 heterocycles. The van der Waals surface area contributed by atoms with E-state index in [1.807, 2.05) is 36.4 Å². The predicted octanol–water partition coefficient (Wildman–Crippen LogP) is 2.79. The fourth-order valence-corrected chi connectivity index (χ4v) is 3.33. The number of carbonyl (C=O) groups excluding carboxylic acids is 2. The van der Waals surface area contributed by atoms with Gasteiger partial charge in [-0.2, -0.15) is 0 Å². The summed E-state index contributed by atoms with van der Waals surface area (Å²) in [7, 11) is 1.38. The molecule has 0 spiro atoms. The first-order chi connectivity index (χ1) is 11.7. The minimum atomic E-state index is -0.411. The van der Waals surface area contributed by atoms with Gasteiger partial charge in [-0.1, -0.05) is 60.7 Å². The molecule has 4 nitrogen and oxygen atoms in total. The fraction of sp³-hybridized carbons (Fsp3) is 0.300. The lowest BCUT2D eigenvalue weighted by atomic mass is 9.88. The Labute approximate surface area is 142 Å². The number of rotatable bonds is 5. The van der Waals surface area contributed by atoms with Crippen LogP contribution in [0, 0.1) is 11.8 Å². The summed E-state index contributed by atoms with van der Waals surface area (Å²) in [6, 6.07) is 19.3. The van der Waals surface area contributed by atoms with Gasteiger partial charge in [0.25, 0.3) is 0 Å². The minimum absolute atomic E-state index is 0.0153. The molecule has 2 aromatic rings. The van der Waals surface area contributed by atoms with Gasteiger partial charge in [0.15, 0.2) is 5.78 Å². The molecule has 1 aliphatic rings. The molecule has 1 fully saturated rings. The Balaban J connectivity index is 1.78. The van der Waals surface area contributed by atoms with E-state index in [4.69, 9.17) is 4.74 Å². The van der Waals surface area contributed by atoms with Crippen molar-refractivity contribution >= 4 is 11.8 Å². The molecule has 0 bridgehead atoms. The molecule has 0 amide bonds. The van der Waals surface area contributed by atoms with Crippen molar-refractivity contribution in [2.45, 2.75) is 6.54 Å². The average molecular weight is 323 g/mol. The Morgan fingerprint density at radius 2 is 1.54 bits per heavy atom. The van der Waals surface area contributed by atoms with Crippen molar-refractivity contribution in [3.63, 3.8) is 0 Å². The molecule has 0 aromatic heterocycles. The first-order valence-electron chi connectivity index (χ1n) is 8.12. The van der Waals surface area contributed by atoms with E-state index in [0.717, 1.165) is 6.54 Å². The highest BCUT2D eigenvalue weighted by atomic mass is 16.5. The third-order valence-corrected chi connectivity index (χ3v) is 4.54. The van der Waals surface area contributed by atoms with E-state index in [1.54, 1.807) is 12.1 Å². The Morgan fingerprint density at radius 1 is 0.958 bits per heavy atom. The Bertz CT molecular complexity index is 699. The van der Waals surface area contributed by atoms with Crippen LogP contribution >= 0.6 is 0 Å². The summed E-state index contributed by atoms with van der Waals surface area (Å²) in [5, 5.41) is 0. The second-order valence-corrected chi connectivity index (χ2v) is 6.15. The summed E-state index contributed by atoms with van der Waals surface area (Å²) in [5.74, 6) is -1.06. The topological polar surface area (TPSA) is 46.6 Å². The van der Waals surface area contributed by atoms with E-state index >= 15 is 0 Å². The summed E-state index contributed by atoms with van der Waals surface area (Å²) in [5.41, 5.74) is 1.83. The van der Waals surface area contributed by atoms with Crippen LogP contribution in [0.1, 0.15) is 15.9 Å². The average Bonchev–Trinajstić information content (AvgIpc) is 3.05. The third-order valence-electron chi connectivity index (χ3n) is 4.54. The van der Waals surface area contributed by atoms with Gasteiger partial charge in [0.2, 0.25) is 0 Å². The molecule has 0 radical (unpaired) electrons. The Kier molecular flexibility index (Phi) is 5.06.